The summed E-state index contributed by atoms with van der Waals surface area (Å²) in [5, 5.41) is 11.5. The summed E-state index contributed by atoms with van der Waals surface area (Å²) >= 11 is 0. The number of amides is 1. The van der Waals surface area contributed by atoms with E-state index in [4.69, 9.17) is 5.26 Å². The largest absolute Gasteiger partial charge is 0.382 e. The van der Waals surface area contributed by atoms with Gasteiger partial charge in [0.05, 0.1) is 0 Å². The van der Waals surface area contributed by atoms with Crippen molar-refractivity contribution >= 4 is 5.91 Å². The quantitative estimate of drug-likeness (QED) is 0.522. The van der Waals surface area contributed by atoms with Crippen LogP contribution >= 0.6 is 0 Å². The molecule has 1 aliphatic rings. The van der Waals surface area contributed by atoms with Gasteiger partial charge in [0.25, 0.3) is 5.91 Å². The van der Waals surface area contributed by atoms with Crippen LogP contribution in [0.1, 0.15) is 12.8 Å². The van der Waals surface area contributed by atoms with E-state index in [-0.39, 0.29) is 11.5 Å². The van der Waals surface area contributed by atoms with E-state index in [0.717, 1.165) is 0 Å². The zero-order valence-electron chi connectivity index (χ0n) is 8.58. The van der Waals surface area contributed by atoms with Crippen LogP contribution in [0.4, 0.5) is 0 Å². The Kier molecular flexibility index (Phi) is 3.52. The smallest absolute Gasteiger partial charge is 0.263 e. The summed E-state index contributed by atoms with van der Waals surface area (Å²) in [6.07, 6.45) is 3.92. The standard InChI is InChI=1S/C10H15N3O/c1-13(2)7-9(5-11)10(14)12-6-8-3-4-8/h7-8H,3-4,6H2,1-2H3,(H,12,14)/b9-7+. The molecule has 0 saturated heterocycles. The Balaban J connectivity index is 2.43. The minimum Gasteiger partial charge on any atom is -0.382 e. The fourth-order valence-corrected chi connectivity index (χ4v) is 1.05. The van der Waals surface area contributed by atoms with Gasteiger partial charge in [-0.3, -0.25) is 4.79 Å². The molecule has 76 valence electrons. The van der Waals surface area contributed by atoms with Crippen molar-refractivity contribution in [3.05, 3.63) is 11.8 Å². The lowest BCUT2D eigenvalue weighted by atomic mass is 10.3. The van der Waals surface area contributed by atoms with Gasteiger partial charge in [-0.25, -0.2) is 0 Å². The topological polar surface area (TPSA) is 56.1 Å². The third-order valence-electron chi connectivity index (χ3n) is 2.00. The molecule has 1 N–H and O–H groups in total. The van der Waals surface area contributed by atoms with E-state index in [9.17, 15) is 4.79 Å². The summed E-state index contributed by atoms with van der Waals surface area (Å²) in [6, 6.07) is 1.88. The lowest BCUT2D eigenvalue weighted by Crippen LogP contribution is -2.27. The number of carbonyl (C=O) groups excluding carboxylic acids is 1. The maximum Gasteiger partial charge on any atom is 0.263 e. The van der Waals surface area contributed by atoms with E-state index in [1.807, 2.05) is 6.07 Å². The lowest BCUT2D eigenvalue weighted by molar-refractivity contribution is -0.117. The summed E-state index contributed by atoms with van der Waals surface area (Å²) in [4.78, 5) is 13.1. The first-order chi connectivity index (χ1) is 6.63. The summed E-state index contributed by atoms with van der Waals surface area (Å²) in [5.74, 6) is 0.367. The third-order valence-corrected chi connectivity index (χ3v) is 2.00. The highest BCUT2D eigenvalue weighted by atomic mass is 16.1. The van der Waals surface area contributed by atoms with Crippen LogP contribution < -0.4 is 5.32 Å². The Labute approximate surface area is 84.2 Å². The highest BCUT2D eigenvalue weighted by Crippen LogP contribution is 2.27. The van der Waals surface area contributed by atoms with Gasteiger partial charge in [-0.2, -0.15) is 5.26 Å². The van der Waals surface area contributed by atoms with Crippen molar-refractivity contribution in [3.8, 4) is 6.07 Å². The molecule has 1 amide bonds. The molecule has 0 atom stereocenters. The molecule has 4 heteroatoms. The average Bonchev–Trinajstić information content (AvgIpc) is 2.93. The molecule has 0 radical (unpaired) electrons. The number of carbonyl (C=O) groups is 1. The fourth-order valence-electron chi connectivity index (χ4n) is 1.05. The molecular formula is C10H15N3O. The van der Waals surface area contributed by atoms with Crippen LogP contribution in [0.25, 0.3) is 0 Å². The summed E-state index contributed by atoms with van der Waals surface area (Å²) in [7, 11) is 3.57. The maximum absolute atomic E-state index is 11.4. The molecular weight excluding hydrogens is 178 g/mol. The van der Waals surface area contributed by atoms with Crippen LogP contribution in [0.3, 0.4) is 0 Å². The van der Waals surface area contributed by atoms with Gasteiger partial charge < -0.3 is 10.2 Å². The number of hydrogen-bond acceptors (Lipinski definition) is 3. The molecule has 0 aromatic heterocycles. The molecule has 1 rings (SSSR count). The second-order valence-electron chi connectivity index (χ2n) is 3.77. The Morgan fingerprint density at radius 3 is 2.71 bits per heavy atom. The minimum absolute atomic E-state index is 0.163. The Bertz CT molecular complexity index is 284. The van der Waals surface area contributed by atoms with E-state index in [1.165, 1.54) is 19.0 Å². The van der Waals surface area contributed by atoms with Gasteiger partial charge in [0.1, 0.15) is 11.6 Å². The zero-order valence-corrected chi connectivity index (χ0v) is 8.58. The van der Waals surface area contributed by atoms with Crippen molar-refractivity contribution in [3.63, 3.8) is 0 Å². The molecule has 0 unspecified atom stereocenters. The van der Waals surface area contributed by atoms with Crippen LogP contribution in [-0.2, 0) is 4.79 Å². The van der Waals surface area contributed by atoms with Crippen LogP contribution in [0.15, 0.2) is 11.8 Å². The molecule has 4 nitrogen and oxygen atoms in total. The van der Waals surface area contributed by atoms with Crippen LogP contribution in [0, 0.1) is 17.2 Å². The first kappa shape index (κ1) is 10.6. The molecule has 1 aliphatic carbocycles. The molecule has 14 heavy (non-hydrogen) atoms. The maximum atomic E-state index is 11.4. The molecule has 0 heterocycles. The molecule has 0 spiro atoms. The predicted molar refractivity (Wildman–Crippen MR) is 53.1 cm³/mol. The molecule has 0 aromatic rings. The van der Waals surface area contributed by atoms with Crippen molar-refractivity contribution in [2.75, 3.05) is 20.6 Å². The van der Waals surface area contributed by atoms with Crippen molar-refractivity contribution in [1.29, 1.82) is 5.26 Å². The van der Waals surface area contributed by atoms with Crippen LogP contribution in [0.5, 0.6) is 0 Å². The van der Waals surface area contributed by atoms with Crippen LogP contribution in [0.2, 0.25) is 0 Å². The van der Waals surface area contributed by atoms with Crippen molar-refractivity contribution in [2.45, 2.75) is 12.8 Å². The summed E-state index contributed by atoms with van der Waals surface area (Å²) < 4.78 is 0. The van der Waals surface area contributed by atoms with E-state index in [1.54, 1.807) is 19.0 Å². The predicted octanol–water partition coefficient (Wildman–Crippen LogP) is 0.482. The van der Waals surface area contributed by atoms with Gasteiger partial charge >= 0.3 is 0 Å². The zero-order chi connectivity index (χ0) is 10.6. The van der Waals surface area contributed by atoms with Gasteiger partial charge in [-0.15, -0.1) is 0 Å². The highest BCUT2D eigenvalue weighted by Gasteiger charge is 2.22. The molecule has 0 aliphatic heterocycles. The van der Waals surface area contributed by atoms with Gasteiger partial charge in [0, 0.05) is 26.8 Å². The molecule has 0 bridgehead atoms. The number of hydrogen-bond donors (Lipinski definition) is 1. The first-order valence-electron chi connectivity index (χ1n) is 4.70. The van der Waals surface area contributed by atoms with E-state index < -0.39 is 0 Å². The summed E-state index contributed by atoms with van der Waals surface area (Å²) in [5.41, 5.74) is 0.163. The second kappa shape index (κ2) is 4.66. The van der Waals surface area contributed by atoms with Crippen molar-refractivity contribution in [1.82, 2.24) is 10.2 Å². The normalized spacial score (nSPS) is 15.9. The van der Waals surface area contributed by atoms with Gasteiger partial charge in [-0.1, -0.05) is 0 Å². The molecule has 1 saturated carbocycles. The van der Waals surface area contributed by atoms with Gasteiger partial charge in [0.15, 0.2) is 0 Å². The Morgan fingerprint density at radius 2 is 2.29 bits per heavy atom. The molecule has 0 aromatic carbocycles. The van der Waals surface area contributed by atoms with E-state index in [2.05, 4.69) is 5.32 Å². The Morgan fingerprint density at radius 1 is 1.64 bits per heavy atom. The number of nitrogens with one attached hydrogen (secondary N) is 1. The van der Waals surface area contributed by atoms with E-state index >= 15 is 0 Å². The lowest BCUT2D eigenvalue weighted by Gasteiger charge is -2.06. The fraction of sp³-hybridized carbons (Fsp3) is 0.600. The van der Waals surface area contributed by atoms with E-state index in [0.29, 0.717) is 12.5 Å². The highest BCUT2D eigenvalue weighted by molar-refractivity contribution is 5.97. The number of nitriles is 1. The van der Waals surface area contributed by atoms with Crippen LogP contribution in [-0.4, -0.2) is 31.4 Å². The molecule has 1 fully saturated rings. The van der Waals surface area contributed by atoms with Gasteiger partial charge in [0.2, 0.25) is 0 Å². The van der Waals surface area contributed by atoms with Gasteiger partial charge in [-0.05, 0) is 18.8 Å². The first-order valence-corrected chi connectivity index (χ1v) is 4.70. The minimum atomic E-state index is -0.270. The number of rotatable bonds is 4. The van der Waals surface area contributed by atoms with Crippen molar-refractivity contribution < 1.29 is 4.79 Å². The second-order valence-corrected chi connectivity index (χ2v) is 3.77. The Hall–Kier alpha value is -1.50. The number of nitrogens with zero attached hydrogens (tertiary/aromatic N) is 2. The summed E-state index contributed by atoms with van der Waals surface area (Å²) in [6.45, 7) is 0.700. The average molecular weight is 193 g/mol. The SMILES string of the molecule is CN(C)/C=C(\C#N)C(=O)NCC1CC1. The van der Waals surface area contributed by atoms with Crippen molar-refractivity contribution in [2.24, 2.45) is 5.92 Å². The third kappa shape index (κ3) is 3.48. The monoisotopic (exact) mass is 193 g/mol.